The second-order valence-electron chi connectivity index (χ2n) is 7.64. The molecule has 6 rings (SSSR count). The highest BCUT2D eigenvalue weighted by atomic mass is 16.5. The number of fused-ring (bicyclic) bond motifs is 5. The predicted octanol–water partition coefficient (Wildman–Crippen LogP) is 2.58. The molecule has 3 aromatic rings. The van der Waals surface area contributed by atoms with Gasteiger partial charge in [-0.25, -0.2) is 4.79 Å². The van der Waals surface area contributed by atoms with Crippen LogP contribution in [0.15, 0.2) is 45.6 Å². The first kappa shape index (κ1) is 18.0. The van der Waals surface area contributed by atoms with Crippen LogP contribution in [0.3, 0.4) is 0 Å². The first-order chi connectivity index (χ1) is 14.0. The average Bonchev–Trinajstić information content (AvgIpc) is 3.51. The molecule has 4 heterocycles. The molecule has 0 saturated carbocycles. The van der Waals surface area contributed by atoms with Gasteiger partial charge in [-0.3, -0.25) is 9.36 Å². The van der Waals surface area contributed by atoms with E-state index in [-0.39, 0.29) is 12.5 Å². The van der Waals surface area contributed by atoms with Gasteiger partial charge in [-0.1, -0.05) is 18.2 Å². The number of para-hydroxylation sites is 1. The third kappa shape index (κ3) is 2.47. The number of benzene rings is 2. The van der Waals surface area contributed by atoms with Crippen molar-refractivity contribution in [2.75, 3.05) is 31.8 Å². The quantitative estimate of drug-likeness (QED) is 0.586. The minimum absolute atomic E-state index is 0.0277. The van der Waals surface area contributed by atoms with Crippen LogP contribution >= 0.6 is 0 Å². The standard InChI is InChI=1S/C18H14N2O4.C4H8O/c1-19-12-6-4-3-5-10(12)18(16(19)21)9-23-14-8-13-15(7-11(14)18)24-17(22)20(13)2;1-2-4-5-3-1/h3-8H,9H2,1-2H3;1-4H2. The summed E-state index contributed by atoms with van der Waals surface area (Å²) in [7, 11) is 3.42. The maximum absolute atomic E-state index is 13.1. The fraction of sp³-hybridized carbons (Fsp3) is 0.364. The SMILES string of the molecule is C1CCOC1.CN1C(=O)C2(COc3cc4c(cc32)oc(=O)n4C)c2ccccc21. The van der Waals surface area contributed by atoms with E-state index in [0.717, 1.165) is 30.0 Å². The smallest absolute Gasteiger partial charge is 0.419 e. The van der Waals surface area contributed by atoms with Gasteiger partial charge in [0, 0.05) is 44.6 Å². The van der Waals surface area contributed by atoms with E-state index in [1.165, 1.54) is 17.4 Å². The van der Waals surface area contributed by atoms with Crippen LogP contribution in [0.25, 0.3) is 11.1 Å². The van der Waals surface area contributed by atoms with E-state index in [4.69, 9.17) is 13.9 Å². The Bertz CT molecular complexity index is 1170. The lowest BCUT2D eigenvalue weighted by atomic mass is 9.77. The zero-order valence-electron chi connectivity index (χ0n) is 16.4. The molecule has 0 aliphatic carbocycles. The largest absolute Gasteiger partial charge is 0.491 e. The van der Waals surface area contributed by atoms with Gasteiger partial charge in [0.25, 0.3) is 0 Å². The number of aromatic nitrogens is 1. The molecule has 3 aliphatic heterocycles. The zero-order valence-corrected chi connectivity index (χ0v) is 16.4. The van der Waals surface area contributed by atoms with E-state index >= 15 is 0 Å². The highest BCUT2D eigenvalue weighted by Gasteiger charge is 2.56. The number of ether oxygens (including phenoxy) is 2. The lowest BCUT2D eigenvalue weighted by Gasteiger charge is -2.21. The maximum Gasteiger partial charge on any atom is 0.419 e. The Kier molecular flexibility index (Phi) is 4.03. The Morgan fingerprint density at radius 3 is 2.48 bits per heavy atom. The van der Waals surface area contributed by atoms with Crippen LogP contribution in [0.2, 0.25) is 0 Å². The fourth-order valence-electron chi connectivity index (χ4n) is 4.42. The predicted molar refractivity (Wildman–Crippen MR) is 108 cm³/mol. The third-order valence-electron chi connectivity index (χ3n) is 6.02. The number of hydrogen-bond donors (Lipinski definition) is 0. The minimum Gasteiger partial charge on any atom is -0.491 e. The molecule has 1 amide bonds. The van der Waals surface area contributed by atoms with Gasteiger partial charge in [0.05, 0.1) is 5.52 Å². The zero-order chi connectivity index (χ0) is 20.2. The van der Waals surface area contributed by atoms with Crippen LogP contribution in [-0.2, 0) is 22.0 Å². The molecule has 0 bridgehead atoms. The number of amides is 1. The number of oxazole rings is 1. The summed E-state index contributed by atoms with van der Waals surface area (Å²) < 4.78 is 17.6. The molecule has 29 heavy (non-hydrogen) atoms. The monoisotopic (exact) mass is 394 g/mol. The molecule has 1 unspecified atom stereocenters. The van der Waals surface area contributed by atoms with Crippen molar-refractivity contribution in [3.8, 4) is 5.75 Å². The number of aryl methyl sites for hydroxylation is 1. The van der Waals surface area contributed by atoms with Crippen LogP contribution in [0.4, 0.5) is 5.69 Å². The molecule has 3 aliphatic rings. The number of carbonyl (C=O) groups is 1. The number of rotatable bonds is 0. The highest BCUT2D eigenvalue weighted by Crippen LogP contribution is 2.52. The lowest BCUT2D eigenvalue weighted by molar-refractivity contribution is -0.121. The Hall–Kier alpha value is -3.06. The minimum atomic E-state index is -0.872. The molecule has 2 aromatic carbocycles. The van der Waals surface area contributed by atoms with E-state index in [2.05, 4.69) is 0 Å². The van der Waals surface area contributed by atoms with Crippen LogP contribution in [0.5, 0.6) is 5.75 Å². The van der Waals surface area contributed by atoms with Crippen LogP contribution in [0.1, 0.15) is 24.0 Å². The second kappa shape index (κ2) is 6.49. The van der Waals surface area contributed by atoms with Crippen molar-refractivity contribution in [2.24, 2.45) is 7.05 Å². The summed E-state index contributed by atoms with van der Waals surface area (Å²) in [4.78, 5) is 26.5. The van der Waals surface area contributed by atoms with Crippen molar-refractivity contribution in [1.29, 1.82) is 0 Å². The summed E-state index contributed by atoms with van der Waals surface area (Å²) >= 11 is 0. The molecule has 150 valence electrons. The molecule has 0 radical (unpaired) electrons. The van der Waals surface area contributed by atoms with Crippen LogP contribution < -0.4 is 15.4 Å². The topological polar surface area (TPSA) is 73.9 Å². The van der Waals surface area contributed by atoms with E-state index in [1.807, 2.05) is 24.3 Å². The Morgan fingerprint density at radius 2 is 1.76 bits per heavy atom. The first-order valence-electron chi connectivity index (χ1n) is 9.76. The van der Waals surface area contributed by atoms with Gasteiger partial charge < -0.3 is 18.8 Å². The summed E-state index contributed by atoms with van der Waals surface area (Å²) in [5.74, 6) is 0.162. The molecule has 1 aromatic heterocycles. The van der Waals surface area contributed by atoms with E-state index < -0.39 is 11.2 Å². The van der Waals surface area contributed by atoms with Crippen molar-refractivity contribution >= 4 is 22.7 Å². The van der Waals surface area contributed by atoms with Crippen molar-refractivity contribution in [2.45, 2.75) is 18.3 Å². The van der Waals surface area contributed by atoms with Gasteiger partial charge in [0.15, 0.2) is 5.58 Å². The molecule has 7 heteroatoms. The van der Waals surface area contributed by atoms with Crippen molar-refractivity contribution in [1.82, 2.24) is 4.57 Å². The molecule has 1 fully saturated rings. The third-order valence-corrected chi connectivity index (χ3v) is 6.02. The molecule has 7 nitrogen and oxygen atoms in total. The summed E-state index contributed by atoms with van der Waals surface area (Å²) in [5.41, 5.74) is 2.81. The summed E-state index contributed by atoms with van der Waals surface area (Å²) in [6.45, 7) is 2.25. The van der Waals surface area contributed by atoms with Gasteiger partial charge in [-0.15, -0.1) is 0 Å². The molecule has 1 saturated heterocycles. The number of likely N-dealkylation sites (N-methyl/N-ethyl adjacent to an activating group) is 1. The summed E-state index contributed by atoms with van der Waals surface area (Å²) in [6.07, 6.45) is 2.56. The average molecular weight is 394 g/mol. The Balaban J connectivity index is 0.000000319. The van der Waals surface area contributed by atoms with Gasteiger partial charge in [0.1, 0.15) is 17.8 Å². The fourth-order valence-corrected chi connectivity index (χ4v) is 4.42. The molecule has 0 N–H and O–H groups in total. The number of carbonyl (C=O) groups excluding carboxylic acids is 1. The summed E-state index contributed by atoms with van der Waals surface area (Å²) in [6, 6.07) is 11.3. The number of hydrogen-bond acceptors (Lipinski definition) is 5. The number of anilines is 1. The van der Waals surface area contributed by atoms with E-state index in [1.54, 1.807) is 31.1 Å². The maximum atomic E-state index is 13.1. The van der Waals surface area contributed by atoms with E-state index in [9.17, 15) is 9.59 Å². The van der Waals surface area contributed by atoms with Gasteiger partial charge >= 0.3 is 5.76 Å². The number of nitrogens with zero attached hydrogens (tertiary/aromatic N) is 2. The van der Waals surface area contributed by atoms with Crippen LogP contribution in [-0.4, -0.2) is 37.3 Å². The summed E-state index contributed by atoms with van der Waals surface area (Å²) in [5, 5.41) is 0. The lowest BCUT2D eigenvalue weighted by Crippen LogP contribution is -2.40. The molecular formula is C22H22N2O5. The second-order valence-corrected chi connectivity index (χ2v) is 7.64. The molecule has 1 atom stereocenters. The normalized spacial score (nSPS) is 21.9. The highest BCUT2D eigenvalue weighted by molar-refractivity contribution is 6.11. The van der Waals surface area contributed by atoms with Crippen molar-refractivity contribution in [3.05, 3.63) is 58.1 Å². The molecule has 1 spiro atoms. The Morgan fingerprint density at radius 1 is 1.00 bits per heavy atom. The van der Waals surface area contributed by atoms with Crippen molar-refractivity contribution in [3.63, 3.8) is 0 Å². The van der Waals surface area contributed by atoms with Crippen molar-refractivity contribution < 1.29 is 18.7 Å². The Labute approximate surface area is 167 Å². The molecular weight excluding hydrogens is 372 g/mol. The van der Waals surface area contributed by atoms with Gasteiger partial charge in [-0.05, 0) is 30.5 Å². The van der Waals surface area contributed by atoms with Gasteiger partial charge in [-0.2, -0.15) is 0 Å². The van der Waals surface area contributed by atoms with Crippen LogP contribution in [0, 0.1) is 0 Å². The van der Waals surface area contributed by atoms with E-state index in [0.29, 0.717) is 16.8 Å². The van der Waals surface area contributed by atoms with Gasteiger partial charge in [0.2, 0.25) is 5.91 Å². The first-order valence-corrected chi connectivity index (χ1v) is 9.76.